The van der Waals surface area contributed by atoms with Gasteiger partial charge in [0.2, 0.25) is 0 Å². The molecule has 0 fully saturated rings. The number of H-pyrrole nitrogens is 1. The van der Waals surface area contributed by atoms with Gasteiger partial charge in [0.15, 0.2) is 0 Å². The number of fused-ring (bicyclic) bond motifs is 1. The number of nitrogens with one attached hydrogen (secondary N) is 1. The molecule has 1 heteroatoms. The maximum absolute atomic E-state index is 3.66. The summed E-state index contributed by atoms with van der Waals surface area (Å²) in [5, 5.41) is 1.27. The topological polar surface area (TPSA) is 15.8 Å². The first-order valence-corrected chi connectivity index (χ1v) is 8.01. The van der Waals surface area contributed by atoms with Crippen LogP contribution in [0.15, 0.2) is 84.9 Å². The summed E-state index contributed by atoms with van der Waals surface area (Å²) >= 11 is 0. The van der Waals surface area contributed by atoms with Crippen molar-refractivity contribution in [1.29, 1.82) is 0 Å². The molecule has 0 radical (unpaired) electrons. The third-order valence-electron chi connectivity index (χ3n) is 4.46. The summed E-state index contributed by atoms with van der Waals surface area (Å²) in [7, 11) is 0. The van der Waals surface area contributed by atoms with Gasteiger partial charge in [0, 0.05) is 17.1 Å². The van der Waals surface area contributed by atoms with Gasteiger partial charge in [-0.05, 0) is 35.1 Å². The minimum Gasteiger partial charge on any atom is -0.357 e. The van der Waals surface area contributed by atoms with Crippen molar-refractivity contribution in [3.8, 4) is 0 Å². The SMILES string of the molecule is Cc1cccc2cc(C(c3ccccc3)c3ccccc3)[nH]c12. The smallest absolute Gasteiger partial charge is 0.0491 e. The normalized spacial score (nSPS) is 11.2. The number of para-hydroxylation sites is 1. The zero-order chi connectivity index (χ0) is 15.6. The van der Waals surface area contributed by atoms with Crippen LogP contribution in [-0.2, 0) is 0 Å². The Balaban J connectivity index is 1.92. The maximum Gasteiger partial charge on any atom is 0.0491 e. The maximum atomic E-state index is 3.66. The van der Waals surface area contributed by atoms with Gasteiger partial charge in [0.25, 0.3) is 0 Å². The standard InChI is InChI=1S/C22H19N/c1-16-9-8-14-19-15-20(23-22(16)19)21(17-10-4-2-5-11-17)18-12-6-3-7-13-18/h2-15,21,23H,1H3. The van der Waals surface area contributed by atoms with E-state index in [1.165, 1.54) is 33.3 Å². The molecule has 112 valence electrons. The predicted molar refractivity (Wildman–Crippen MR) is 96.9 cm³/mol. The summed E-state index contributed by atoms with van der Waals surface area (Å²) in [5.74, 6) is 0.226. The van der Waals surface area contributed by atoms with Gasteiger partial charge in [-0.25, -0.2) is 0 Å². The monoisotopic (exact) mass is 297 g/mol. The van der Waals surface area contributed by atoms with Gasteiger partial charge in [-0.3, -0.25) is 0 Å². The van der Waals surface area contributed by atoms with Crippen LogP contribution in [0, 0.1) is 6.92 Å². The first-order chi connectivity index (χ1) is 11.3. The highest BCUT2D eigenvalue weighted by Crippen LogP contribution is 2.33. The fourth-order valence-corrected chi connectivity index (χ4v) is 3.33. The summed E-state index contributed by atoms with van der Waals surface area (Å²) in [6, 6.07) is 30.1. The Kier molecular flexibility index (Phi) is 3.47. The molecule has 1 nitrogen and oxygen atoms in total. The number of aryl methyl sites for hydroxylation is 1. The Labute approximate surface area is 136 Å². The number of hydrogen-bond donors (Lipinski definition) is 1. The highest BCUT2D eigenvalue weighted by atomic mass is 14.7. The Morgan fingerprint density at radius 1 is 0.696 bits per heavy atom. The third-order valence-corrected chi connectivity index (χ3v) is 4.46. The van der Waals surface area contributed by atoms with Gasteiger partial charge in [-0.1, -0.05) is 78.9 Å². The fourth-order valence-electron chi connectivity index (χ4n) is 3.33. The molecule has 0 atom stereocenters. The summed E-state index contributed by atoms with van der Waals surface area (Å²) in [6.07, 6.45) is 0. The van der Waals surface area contributed by atoms with Gasteiger partial charge in [-0.2, -0.15) is 0 Å². The Morgan fingerprint density at radius 2 is 1.30 bits per heavy atom. The average Bonchev–Trinajstić information content (AvgIpc) is 3.02. The molecule has 0 amide bonds. The zero-order valence-corrected chi connectivity index (χ0v) is 13.2. The van der Waals surface area contributed by atoms with Crippen molar-refractivity contribution >= 4 is 10.9 Å². The third kappa shape index (κ3) is 2.55. The van der Waals surface area contributed by atoms with Crippen molar-refractivity contribution in [3.63, 3.8) is 0 Å². The van der Waals surface area contributed by atoms with Crippen molar-refractivity contribution in [2.75, 3.05) is 0 Å². The van der Waals surface area contributed by atoms with E-state index in [0.717, 1.165) is 0 Å². The number of aromatic nitrogens is 1. The van der Waals surface area contributed by atoms with Gasteiger partial charge >= 0.3 is 0 Å². The highest BCUT2D eigenvalue weighted by Gasteiger charge is 2.18. The van der Waals surface area contributed by atoms with E-state index in [2.05, 4.69) is 96.8 Å². The van der Waals surface area contributed by atoms with E-state index in [1.54, 1.807) is 0 Å². The van der Waals surface area contributed by atoms with Gasteiger partial charge in [0.05, 0.1) is 0 Å². The molecule has 1 heterocycles. The summed E-state index contributed by atoms with van der Waals surface area (Å²) in [6.45, 7) is 2.16. The molecule has 0 saturated heterocycles. The molecule has 4 rings (SSSR count). The van der Waals surface area contributed by atoms with E-state index in [0.29, 0.717) is 0 Å². The molecule has 0 aliphatic carbocycles. The summed E-state index contributed by atoms with van der Waals surface area (Å²) in [5.41, 5.74) is 6.38. The molecular formula is C22H19N. The molecule has 0 bridgehead atoms. The van der Waals surface area contributed by atoms with Gasteiger partial charge < -0.3 is 4.98 Å². The number of aromatic amines is 1. The van der Waals surface area contributed by atoms with Crippen molar-refractivity contribution < 1.29 is 0 Å². The summed E-state index contributed by atoms with van der Waals surface area (Å²) in [4.78, 5) is 3.66. The van der Waals surface area contributed by atoms with Crippen molar-refractivity contribution in [2.24, 2.45) is 0 Å². The lowest BCUT2D eigenvalue weighted by atomic mass is 9.88. The lowest BCUT2D eigenvalue weighted by Crippen LogP contribution is -2.03. The second-order valence-corrected chi connectivity index (χ2v) is 6.02. The van der Waals surface area contributed by atoms with E-state index >= 15 is 0 Å². The fraction of sp³-hybridized carbons (Fsp3) is 0.0909. The number of rotatable bonds is 3. The minimum absolute atomic E-state index is 0.226. The van der Waals surface area contributed by atoms with Crippen LogP contribution in [0.4, 0.5) is 0 Å². The Morgan fingerprint density at radius 3 is 1.87 bits per heavy atom. The highest BCUT2D eigenvalue weighted by molar-refractivity contribution is 5.83. The molecule has 1 aromatic heterocycles. The molecule has 0 unspecified atom stereocenters. The summed E-state index contributed by atoms with van der Waals surface area (Å²) < 4.78 is 0. The molecule has 0 saturated carbocycles. The molecule has 0 aliphatic heterocycles. The van der Waals surface area contributed by atoms with Crippen LogP contribution in [-0.4, -0.2) is 4.98 Å². The molecule has 0 spiro atoms. The van der Waals surface area contributed by atoms with Crippen LogP contribution in [0.25, 0.3) is 10.9 Å². The molecule has 0 aliphatic rings. The van der Waals surface area contributed by atoms with Crippen molar-refractivity contribution in [3.05, 3.63) is 107 Å². The van der Waals surface area contributed by atoms with Crippen LogP contribution in [0.2, 0.25) is 0 Å². The van der Waals surface area contributed by atoms with Crippen LogP contribution in [0.3, 0.4) is 0 Å². The second-order valence-electron chi connectivity index (χ2n) is 6.02. The van der Waals surface area contributed by atoms with Gasteiger partial charge in [-0.15, -0.1) is 0 Å². The van der Waals surface area contributed by atoms with Crippen LogP contribution >= 0.6 is 0 Å². The first kappa shape index (κ1) is 13.8. The van der Waals surface area contributed by atoms with E-state index in [9.17, 15) is 0 Å². The second kappa shape index (κ2) is 5.77. The van der Waals surface area contributed by atoms with E-state index < -0.39 is 0 Å². The first-order valence-electron chi connectivity index (χ1n) is 8.01. The molecule has 23 heavy (non-hydrogen) atoms. The quantitative estimate of drug-likeness (QED) is 0.502. The predicted octanol–water partition coefficient (Wildman–Crippen LogP) is 5.66. The van der Waals surface area contributed by atoms with Crippen molar-refractivity contribution in [1.82, 2.24) is 4.98 Å². The number of hydrogen-bond acceptors (Lipinski definition) is 0. The van der Waals surface area contributed by atoms with Crippen molar-refractivity contribution in [2.45, 2.75) is 12.8 Å². The number of benzene rings is 3. The Hall–Kier alpha value is -2.80. The zero-order valence-electron chi connectivity index (χ0n) is 13.2. The average molecular weight is 297 g/mol. The van der Waals surface area contributed by atoms with Crippen LogP contribution < -0.4 is 0 Å². The molecule has 1 N–H and O–H groups in total. The van der Waals surface area contributed by atoms with Gasteiger partial charge in [0.1, 0.15) is 0 Å². The molecule has 3 aromatic carbocycles. The Bertz CT molecular complexity index is 881. The largest absolute Gasteiger partial charge is 0.357 e. The van der Waals surface area contributed by atoms with Crippen LogP contribution in [0.1, 0.15) is 28.3 Å². The molecule has 4 aromatic rings. The lowest BCUT2D eigenvalue weighted by molar-refractivity contribution is 0.938. The van der Waals surface area contributed by atoms with E-state index in [4.69, 9.17) is 0 Å². The molecular weight excluding hydrogens is 278 g/mol. The lowest BCUT2D eigenvalue weighted by Gasteiger charge is -2.17. The van der Waals surface area contributed by atoms with Crippen LogP contribution in [0.5, 0.6) is 0 Å². The minimum atomic E-state index is 0.226. The van der Waals surface area contributed by atoms with E-state index in [1.807, 2.05) is 0 Å². The van der Waals surface area contributed by atoms with E-state index in [-0.39, 0.29) is 5.92 Å².